The standard InChI is InChI=1S/C51H78N12O9/c1-12-31(3)51(8)45(63(49(68)72-51)22-14-13-21-61-28-39(56-58-61)35-17-15-18-36(52)23-35)34(6)54-26-30(2)25-50(7,69-11)46(32(4)43(64)33(5)47(66)67)71-48-44(65)41(60(9)10)24-37(70-48)27-62-29-40(57-59-62)38-19-16-20-42(53)55-38/h15-20,23,28-34,37,41,44-46,48,54,65H,12-14,21-22,24-27,52H2,1-11H3,(H2,53,55)(H,66,67)/t30-,31-,32+,33-,34-,37?,41?,44?,45-,46-,48+,50-,51-/m1/s1. The molecule has 3 aromatic heterocycles. The number of nitrogens with zero attached hydrogens (tertiary/aromatic N) is 9. The summed E-state index contributed by atoms with van der Waals surface area (Å²) in [5.41, 5.74) is 13.3. The number of nitrogens with two attached hydrogens (primary N) is 2. The Morgan fingerprint density at radius 3 is 2.35 bits per heavy atom. The number of carboxylic acids is 1. The third-order valence-electron chi connectivity index (χ3n) is 15.0. The van der Waals surface area contributed by atoms with E-state index in [2.05, 4.69) is 58.6 Å². The molecular weight excluding hydrogens is 925 g/mol. The van der Waals surface area contributed by atoms with Crippen LogP contribution in [0.1, 0.15) is 87.5 Å². The van der Waals surface area contributed by atoms with Crippen molar-refractivity contribution < 1.29 is 43.5 Å². The highest BCUT2D eigenvalue weighted by molar-refractivity contribution is 5.99. The number of unbranched alkanes of at least 4 members (excludes halogenated alkanes) is 1. The van der Waals surface area contributed by atoms with E-state index in [1.807, 2.05) is 68.2 Å². The van der Waals surface area contributed by atoms with Gasteiger partial charge in [0.2, 0.25) is 0 Å². The van der Waals surface area contributed by atoms with E-state index in [1.54, 1.807) is 40.7 Å². The Bertz CT molecular complexity index is 2440. The molecule has 21 heteroatoms. The molecule has 0 aliphatic carbocycles. The summed E-state index contributed by atoms with van der Waals surface area (Å²) in [5.74, 6) is -3.85. The number of benzene rings is 1. The van der Waals surface area contributed by atoms with Crippen LogP contribution in [0.5, 0.6) is 0 Å². The summed E-state index contributed by atoms with van der Waals surface area (Å²) < 4.78 is 29.4. The van der Waals surface area contributed by atoms with Crippen LogP contribution in [0.4, 0.5) is 16.3 Å². The molecule has 1 aromatic carbocycles. The number of aromatic nitrogens is 7. The van der Waals surface area contributed by atoms with Crippen molar-refractivity contribution in [2.24, 2.45) is 23.7 Å². The van der Waals surface area contributed by atoms with Crippen molar-refractivity contribution in [3.63, 3.8) is 0 Å². The number of Topliss-reactive ketones (excluding diaryl/α,β-unsaturated/α-hetero) is 1. The van der Waals surface area contributed by atoms with E-state index in [4.69, 9.17) is 30.4 Å². The lowest BCUT2D eigenvalue weighted by Crippen LogP contribution is -2.60. The molecule has 21 nitrogen and oxygen atoms in total. The topological polar surface area (TPSA) is 273 Å². The minimum absolute atomic E-state index is 0.0600. The van der Waals surface area contributed by atoms with Gasteiger partial charge < -0.3 is 50.8 Å². The first-order chi connectivity index (χ1) is 34.1. The summed E-state index contributed by atoms with van der Waals surface area (Å²) >= 11 is 0. The van der Waals surface area contributed by atoms with Crippen molar-refractivity contribution >= 4 is 29.4 Å². The number of amides is 1. The summed E-state index contributed by atoms with van der Waals surface area (Å²) in [5, 5.41) is 42.8. The van der Waals surface area contributed by atoms with E-state index in [9.17, 15) is 24.6 Å². The molecule has 13 atom stereocenters. The van der Waals surface area contributed by atoms with Crippen molar-refractivity contribution in [2.75, 3.05) is 45.8 Å². The van der Waals surface area contributed by atoms with Gasteiger partial charge in [0, 0.05) is 49.5 Å². The summed E-state index contributed by atoms with van der Waals surface area (Å²) in [6, 6.07) is 11.9. The maximum Gasteiger partial charge on any atom is 0.410 e. The number of pyridine rings is 1. The van der Waals surface area contributed by atoms with Crippen LogP contribution in [0.3, 0.4) is 0 Å². The number of rotatable bonds is 26. The maximum atomic E-state index is 14.0. The molecule has 0 bridgehead atoms. The van der Waals surface area contributed by atoms with Crippen LogP contribution in [0.25, 0.3) is 22.6 Å². The Morgan fingerprint density at radius 2 is 1.68 bits per heavy atom. The average Bonchev–Trinajstić information content (AvgIpc) is 4.09. The van der Waals surface area contributed by atoms with Gasteiger partial charge in [-0.25, -0.2) is 14.5 Å². The van der Waals surface area contributed by atoms with Crippen LogP contribution in [0.15, 0.2) is 54.9 Å². The molecule has 3 unspecified atom stereocenters. The third kappa shape index (κ3) is 13.0. The van der Waals surface area contributed by atoms with Gasteiger partial charge in [0.05, 0.1) is 48.5 Å². The number of cyclic esters (lactones) is 1. The van der Waals surface area contributed by atoms with Gasteiger partial charge in [-0.2, -0.15) is 0 Å². The lowest BCUT2D eigenvalue weighted by atomic mass is 9.78. The van der Waals surface area contributed by atoms with Crippen LogP contribution in [0, 0.1) is 23.7 Å². The van der Waals surface area contributed by atoms with Crippen molar-refractivity contribution in [2.45, 2.75) is 155 Å². The molecule has 1 amide bonds. The fourth-order valence-electron chi connectivity index (χ4n) is 10.5. The molecule has 72 heavy (non-hydrogen) atoms. The highest BCUT2D eigenvalue weighted by Crippen LogP contribution is 2.40. The second-order valence-corrected chi connectivity index (χ2v) is 20.7. The minimum Gasteiger partial charge on any atom is -0.481 e. The molecule has 7 N–H and O–H groups in total. The number of ketones is 1. The molecule has 4 aromatic rings. The molecule has 2 aliphatic rings. The number of aliphatic hydroxyl groups excluding tert-OH is 1. The molecule has 6 rings (SSSR count). The summed E-state index contributed by atoms with van der Waals surface area (Å²) in [6.07, 6.45) is 2.34. The summed E-state index contributed by atoms with van der Waals surface area (Å²) in [6.45, 7) is 17.0. The van der Waals surface area contributed by atoms with Crippen molar-refractivity contribution in [3.8, 4) is 22.6 Å². The zero-order valence-corrected chi connectivity index (χ0v) is 43.8. The van der Waals surface area contributed by atoms with E-state index in [-0.39, 0.29) is 36.6 Å². The van der Waals surface area contributed by atoms with E-state index >= 15 is 0 Å². The number of nitrogens with one attached hydrogen (secondary N) is 1. The number of aliphatic hydroxyl groups is 1. The third-order valence-corrected chi connectivity index (χ3v) is 15.0. The monoisotopic (exact) mass is 1000 g/mol. The Morgan fingerprint density at radius 1 is 1.00 bits per heavy atom. The Kier molecular flexibility index (Phi) is 18.6. The van der Waals surface area contributed by atoms with Crippen molar-refractivity contribution in [3.05, 3.63) is 54.9 Å². The molecule has 0 spiro atoms. The Hall–Kier alpha value is -5.58. The van der Waals surface area contributed by atoms with Gasteiger partial charge >= 0.3 is 12.1 Å². The normalized spacial score (nSPS) is 24.8. The first-order valence-corrected chi connectivity index (χ1v) is 25.2. The highest BCUT2D eigenvalue weighted by Gasteiger charge is 2.55. The molecule has 5 heterocycles. The van der Waals surface area contributed by atoms with Crippen LogP contribution < -0.4 is 16.8 Å². The summed E-state index contributed by atoms with van der Waals surface area (Å²) in [4.78, 5) is 48.0. The number of anilines is 2. The predicted molar refractivity (Wildman–Crippen MR) is 271 cm³/mol. The number of carbonyl (C=O) groups excluding carboxylic acids is 2. The molecule has 0 saturated carbocycles. The number of aryl methyl sites for hydroxylation is 1. The second kappa shape index (κ2) is 24.0. The Balaban J connectivity index is 1.16. The zero-order valence-electron chi connectivity index (χ0n) is 43.8. The second-order valence-electron chi connectivity index (χ2n) is 20.7. The number of ether oxygens (including phenoxy) is 4. The Labute approximate surface area is 423 Å². The van der Waals surface area contributed by atoms with Gasteiger partial charge in [-0.3, -0.25) is 19.2 Å². The van der Waals surface area contributed by atoms with E-state index in [1.165, 1.54) is 14.0 Å². The largest absolute Gasteiger partial charge is 0.481 e. The van der Waals surface area contributed by atoms with Gasteiger partial charge in [-0.1, -0.05) is 56.3 Å². The zero-order chi connectivity index (χ0) is 52.7. The van der Waals surface area contributed by atoms with Gasteiger partial charge in [0.25, 0.3) is 0 Å². The van der Waals surface area contributed by atoms with Crippen molar-refractivity contribution in [1.29, 1.82) is 0 Å². The van der Waals surface area contributed by atoms with Crippen LogP contribution in [0.2, 0.25) is 0 Å². The predicted octanol–water partition coefficient (Wildman–Crippen LogP) is 5.00. The van der Waals surface area contributed by atoms with Gasteiger partial charge in [-0.15, -0.1) is 10.2 Å². The van der Waals surface area contributed by atoms with Crippen molar-refractivity contribution in [1.82, 2.24) is 50.1 Å². The smallest absolute Gasteiger partial charge is 0.410 e. The number of aliphatic carboxylic acids is 1. The molecule has 2 fully saturated rings. The van der Waals surface area contributed by atoms with Crippen LogP contribution >= 0.6 is 0 Å². The van der Waals surface area contributed by atoms with Gasteiger partial charge in [-0.05, 0) is 117 Å². The van der Waals surface area contributed by atoms with Gasteiger partial charge in [0.1, 0.15) is 34.8 Å². The number of carboxylic acid groups (broad SMARTS) is 1. The lowest BCUT2D eigenvalue weighted by molar-refractivity contribution is -0.299. The molecule has 0 radical (unpaired) electrons. The summed E-state index contributed by atoms with van der Waals surface area (Å²) in [7, 11) is 5.26. The first-order valence-electron chi connectivity index (χ1n) is 25.2. The minimum atomic E-state index is -1.34. The fourth-order valence-corrected chi connectivity index (χ4v) is 10.5. The number of likely N-dealkylation sites (N-methyl/N-ethyl adjacent to an activating group) is 1. The number of hydrogen-bond donors (Lipinski definition) is 5. The fraction of sp³-hybridized carbons (Fsp3) is 0.647. The average molecular weight is 1000 g/mol. The van der Waals surface area contributed by atoms with E-state index < -0.39 is 65.4 Å². The highest BCUT2D eigenvalue weighted by atomic mass is 16.7. The number of nitrogen functional groups attached to an aromatic ring is 2. The van der Waals surface area contributed by atoms with E-state index in [0.29, 0.717) is 61.8 Å². The molecule has 2 saturated heterocycles. The number of methoxy groups -OCH3 is 1. The van der Waals surface area contributed by atoms with Gasteiger partial charge in [0.15, 0.2) is 12.1 Å². The molecule has 396 valence electrons. The molecule has 2 aliphatic heterocycles. The SMILES string of the molecule is CC[C@@H](C)[C@@]1(C)OC(=O)N(CCCCn2cc(-c3cccc(N)c3)nn2)[C@@H]1[C@@H](C)NC[C@H](C)C[C@@](C)(OC)[C@H](O[C@@H]1OC(Cn2cc(-c3cccc(N)n3)nn2)CC(N(C)C)C1O)[C@@H](C)C(=O)[C@@H](C)C(=O)O. The quantitative estimate of drug-likeness (QED) is 0.0315. The van der Waals surface area contributed by atoms with E-state index in [0.717, 1.165) is 24.1 Å². The first kappa shape index (κ1) is 55.7. The number of hydrogen-bond acceptors (Lipinski definition) is 17. The maximum absolute atomic E-state index is 14.0. The number of carbonyl (C=O) groups is 3. The molecular formula is C51H78N12O9. The van der Waals surface area contributed by atoms with Crippen LogP contribution in [-0.2, 0) is 41.6 Å². The lowest BCUT2D eigenvalue weighted by Gasteiger charge is -2.47. The van der Waals surface area contributed by atoms with Crippen LogP contribution in [-0.4, -0.2) is 161 Å².